The molecule has 0 spiro atoms. The lowest BCUT2D eigenvalue weighted by molar-refractivity contribution is 0.649. The predicted octanol–water partition coefficient (Wildman–Crippen LogP) is 1.19. The first-order valence-electron chi connectivity index (χ1n) is 3.91. The van der Waals surface area contributed by atoms with Crippen LogP contribution in [0, 0.1) is 0 Å². The number of nitrogens with one attached hydrogen (secondary N) is 2. The van der Waals surface area contributed by atoms with Gasteiger partial charge in [0.15, 0.2) is 0 Å². The fraction of sp³-hybridized carbons (Fsp3) is 0.625. The average Bonchev–Trinajstić information content (AvgIpc) is 2.04. The summed E-state index contributed by atoms with van der Waals surface area (Å²) in [5.74, 6) is 0. The van der Waals surface area contributed by atoms with E-state index in [-0.39, 0.29) is 0 Å². The Morgan fingerprint density at radius 2 is 2.36 bits per heavy atom. The lowest BCUT2D eigenvalue weighted by atomic mass is 10.1. The first-order chi connectivity index (χ1) is 5.25. The Bertz CT molecular complexity index is 196. The van der Waals surface area contributed by atoms with Crippen molar-refractivity contribution in [3.05, 3.63) is 11.4 Å². The van der Waals surface area contributed by atoms with Gasteiger partial charge in [-0.2, -0.15) is 0 Å². The molecule has 1 aliphatic rings. The van der Waals surface area contributed by atoms with Gasteiger partial charge >= 0.3 is 0 Å². The van der Waals surface area contributed by atoms with Crippen LogP contribution in [0.4, 0.5) is 0 Å². The van der Waals surface area contributed by atoms with E-state index in [0.29, 0.717) is 0 Å². The molecule has 0 radical (unpaired) electrons. The lowest BCUT2D eigenvalue weighted by Gasteiger charge is -2.21. The monoisotopic (exact) mass is 170 g/mol. The number of hydrogen-bond acceptors (Lipinski definition) is 3. The van der Waals surface area contributed by atoms with E-state index in [1.54, 1.807) is 0 Å². The van der Waals surface area contributed by atoms with Gasteiger partial charge in [-0.15, -0.1) is 0 Å². The summed E-state index contributed by atoms with van der Waals surface area (Å²) >= 11 is 5.10. The molecule has 3 heteroatoms. The summed E-state index contributed by atoms with van der Waals surface area (Å²) in [6, 6.07) is 0. The average molecular weight is 170 g/mol. The Morgan fingerprint density at radius 1 is 1.64 bits per heavy atom. The molecule has 0 fully saturated rings. The van der Waals surface area contributed by atoms with Crippen molar-refractivity contribution in [3.63, 3.8) is 0 Å². The highest BCUT2D eigenvalue weighted by Crippen LogP contribution is 2.12. The van der Waals surface area contributed by atoms with E-state index in [9.17, 15) is 0 Å². The quantitative estimate of drug-likeness (QED) is 0.609. The van der Waals surface area contributed by atoms with E-state index in [1.807, 2.05) is 14.0 Å². The Kier molecular flexibility index (Phi) is 2.88. The Balaban J connectivity index is 2.81. The van der Waals surface area contributed by atoms with E-state index in [4.69, 9.17) is 12.2 Å². The second-order valence-electron chi connectivity index (χ2n) is 2.69. The van der Waals surface area contributed by atoms with Crippen molar-refractivity contribution in [2.45, 2.75) is 19.8 Å². The molecule has 0 atom stereocenters. The number of rotatable bonds is 2. The normalized spacial score (nSPS) is 17.6. The zero-order valence-corrected chi connectivity index (χ0v) is 7.85. The molecule has 11 heavy (non-hydrogen) atoms. The van der Waals surface area contributed by atoms with Crippen molar-refractivity contribution in [3.8, 4) is 0 Å². The highest BCUT2D eigenvalue weighted by atomic mass is 32.1. The van der Waals surface area contributed by atoms with Crippen LogP contribution in [-0.4, -0.2) is 18.5 Å². The van der Waals surface area contributed by atoms with Gasteiger partial charge in [0.25, 0.3) is 0 Å². The van der Waals surface area contributed by atoms with Gasteiger partial charge in [-0.25, -0.2) is 0 Å². The topological polar surface area (TPSA) is 24.1 Å². The maximum Gasteiger partial charge on any atom is 0.0671 e. The molecule has 0 bridgehead atoms. The van der Waals surface area contributed by atoms with Gasteiger partial charge in [-0.1, -0.05) is 12.2 Å². The SMILES string of the molecule is CNC1=C(C(C)=S)NCCC1. The summed E-state index contributed by atoms with van der Waals surface area (Å²) in [5.41, 5.74) is 2.39. The molecule has 0 aromatic rings. The van der Waals surface area contributed by atoms with Crippen LogP contribution in [0.2, 0.25) is 0 Å². The summed E-state index contributed by atoms with van der Waals surface area (Å²) in [4.78, 5) is 0.953. The van der Waals surface area contributed by atoms with Crippen LogP contribution in [-0.2, 0) is 0 Å². The smallest absolute Gasteiger partial charge is 0.0671 e. The van der Waals surface area contributed by atoms with Crippen molar-refractivity contribution >= 4 is 17.1 Å². The van der Waals surface area contributed by atoms with E-state index in [0.717, 1.165) is 23.5 Å². The van der Waals surface area contributed by atoms with E-state index < -0.39 is 0 Å². The molecule has 1 heterocycles. The lowest BCUT2D eigenvalue weighted by Crippen LogP contribution is -2.29. The molecule has 62 valence electrons. The van der Waals surface area contributed by atoms with E-state index in [1.165, 1.54) is 12.1 Å². The molecule has 0 unspecified atom stereocenters. The Hall–Kier alpha value is -0.570. The zero-order valence-electron chi connectivity index (χ0n) is 7.03. The summed E-state index contributed by atoms with van der Waals surface area (Å²) in [6.45, 7) is 3.01. The second-order valence-corrected chi connectivity index (χ2v) is 3.30. The van der Waals surface area contributed by atoms with Gasteiger partial charge < -0.3 is 10.6 Å². The van der Waals surface area contributed by atoms with Crippen molar-refractivity contribution in [2.24, 2.45) is 0 Å². The highest BCUT2D eigenvalue weighted by molar-refractivity contribution is 7.80. The Morgan fingerprint density at radius 3 is 2.82 bits per heavy atom. The third-order valence-corrected chi connectivity index (χ3v) is 2.07. The van der Waals surface area contributed by atoms with Crippen LogP contribution >= 0.6 is 12.2 Å². The third-order valence-electron chi connectivity index (χ3n) is 1.86. The Labute approximate surface area is 73.1 Å². The largest absolute Gasteiger partial charge is 0.390 e. The molecule has 0 aromatic carbocycles. The molecular weight excluding hydrogens is 156 g/mol. The van der Waals surface area contributed by atoms with Crippen molar-refractivity contribution in [2.75, 3.05) is 13.6 Å². The highest BCUT2D eigenvalue weighted by Gasteiger charge is 2.11. The zero-order chi connectivity index (χ0) is 8.27. The predicted molar refractivity (Wildman–Crippen MR) is 51.6 cm³/mol. The fourth-order valence-corrected chi connectivity index (χ4v) is 1.49. The van der Waals surface area contributed by atoms with Crippen LogP contribution in [0.25, 0.3) is 0 Å². The van der Waals surface area contributed by atoms with Crippen LogP contribution in [0.1, 0.15) is 19.8 Å². The minimum atomic E-state index is 0.953. The molecule has 1 rings (SSSR count). The first-order valence-corrected chi connectivity index (χ1v) is 4.32. The van der Waals surface area contributed by atoms with Crippen LogP contribution in [0.15, 0.2) is 11.4 Å². The van der Waals surface area contributed by atoms with E-state index in [2.05, 4.69) is 10.6 Å². The maximum absolute atomic E-state index is 5.10. The summed E-state index contributed by atoms with van der Waals surface area (Å²) in [5, 5.41) is 6.46. The van der Waals surface area contributed by atoms with Crippen LogP contribution in [0.3, 0.4) is 0 Å². The van der Waals surface area contributed by atoms with Gasteiger partial charge in [0.2, 0.25) is 0 Å². The van der Waals surface area contributed by atoms with Crippen LogP contribution in [0.5, 0.6) is 0 Å². The van der Waals surface area contributed by atoms with Gasteiger partial charge in [-0.3, -0.25) is 0 Å². The maximum atomic E-state index is 5.10. The van der Waals surface area contributed by atoms with Gasteiger partial charge in [0.05, 0.1) is 5.70 Å². The standard InChI is InChI=1S/C8H14N2S/c1-6(11)8-7(9-2)4-3-5-10-8/h9-10H,3-5H2,1-2H3. The summed E-state index contributed by atoms with van der Waals surface area (Å²) in [6.07, 6.45) is 2.31. The van der Waals surface area contributed by atoms with Gasteiger partial charge in [0.1, 0.15) is 0 Å². The molecule has 0 amide bonds. The molecule has 0 saturated heterocycles. The van der Waals surface area contributed by atoms with Gasteiger partial charge in [-0.05, 0) is 19.8 Å². The molecule has 1 aliphatic heterocycles. The first kappa shape index (κ1) is 8.53. The third kappa shape index (κ3) is 1.93. The second kappa shape index (κ2) is 3.72. The van der Waals surface area contributed by atoms with Crippen LogP contribution < -0.4 is 10.6 Å². The number of thiocarbonyl (C=S) groups is 1. The molecule has 0 aliphatic carbocycles. The molecule has 0 aromatic heterocycles. The van der Waals surface area contributed by atoms with Crippen molar-refractivity contribution < 1.29 is 0 Å². The van der Waals surface area contributed by atoms with Crippen molar-refractivity contribution in [1.29, 1.82) is 0 Å². The molecule has 0 saturated carbocycles. The molecule has 2 nitrogen and oxygen atoms in total. The summed E-state index contributed by atoms with van der Waals surface area (Å²) < 4.78 is 0. The number of allylic oxidation sites excluding steroid dienone is 2. The molecule has 2 N–H and O–H groups in total. The van der Waals surface area contributed by atoms with Crippen molar-refractivity contribution in [1.82, 2.24) is 10.6 Å². The minimum Gasteiger partial charge on any atom is -0.390 e. The number of hydrogen-bond donors (Lipinski definition) is 2. The summed E-state index contributed by atoms with van der Waals surface area (Å²) in [7, 11) is 1.95. The van der Waals surface area contributed by atoms with Gasteiger partial charge in [0, 0.05) is 24.2 Å². The van der Waals surface area contributed by atoms with E-state index >= 15 is 0 Å². The molecular formula is C8H14N2S. The fourth-order valence-electron chi connectivity index (χ4n) is 1.30. The minimum absolute atomic E-state index is 0.953.